The van der Waals surface area contributed by atoms with Crippen LogP contribution in [0.1, 0.15) is 29.8 Å². The first kappa shape index (κ1) is 16.8. The van der Waals surface area contributed by atoms with E-state index in [9.17, 15) is 9.59 Å². The van der Waals surface area contributed by atoms with Gasteiger partial charge in [-0.05, 0) is 38.5 Å². The smallest absolute Gasteiger partial charge is 0.335 e. The molecule has 0 aliphatic carbocycles. The Hall–Kier alpha value is -2.30. The van der Waals surface area contributed by atoms with E-state index in [4.69, 9.17) is 9.84 Å². The lowest BCUT2D eigenvalue weighted by molar-refractivity contribution is -0.132. The topological polar surface area (TPSA) is 66.8 Å². The summed E-state index contributed by atoms with van der Waals surface area (Å²) in [6.45, 7) is 10.3. The summed E-state index contributed by atoms with van der Waals surface area (Å²) in [6.07, 6.45) is 0. The number of nitrogens with zero attached hydrogens (tertiary/aromatic N) is 1. The van der Waals surface area contributed by atoms with Crippen molar-refractivity contribution in [3.63, 3.8) is 0 Å². The maximum Gasteiger partial charge on any atom is 0.335 e. The van der Waals surface area contributed by atoms with Crippen molar-refractivity contribution in [3.05, 3.63) is 41.5 Å². The van der Waals surface area contributed by atoms with Crippen LogP contribution in [0.2, 0.25) is 0 Å². The summed E-state index contributed by atoms with van der Waals surface area (Å²) >= 11 is 0. The number of rotatable bonds is 7. The van der Waals surface area contributed by atoms with Gasteiger partial charge >= 0.3 is 5.97 Å². The van der Waals surface area contributed by atoms with Gasteiger partial charge in [0.1, 0.15) is 5.75 Å². The van der Waals surface area contributed by atoms with Crippen molar-refractivity contribution < 1.29 is 19.4 Å². The minimum atomic E-state index is -1.02. The van der Waals surface area contributed by atoms with Gasteiger partial charge in [-0.15, -0.1) is 0 Å². The summed E-state index contributed by atoms with van der Waals surface area (Å²) in [4.78, 5) is 24.6. The summed E-state index contributed by atoms with van der Waals surface area (Å²) in [6, 6.07) is 4.60. The number of amides is 1. The van der Waals surface area contributed by atoms with E-state index in [0.29, 0.717) is 18.8 Å². The summed E-state index contributed by atoms with van der Waals surface area (Å²) in [5, 5.41) is 8.96. The van der Waals surface area contributed by atoms with Gasteiger partial charge < -0.3 is 14.7 Å². The standard InChI is InChI=1S/C16H21NO4/c1-5-17(9-11(2)3)15(18)10-21-14-8-13(16(19)20)7-6-12(14)4/h6-8H,2,5,9-10H2,1,3-4H3,(H,19,20). The van der Waals surface area contributed by atoms with Crippen LogP contribution in [0.25, 0.3) is 0 Å². The largest absolute Gasteiger partial charge is 0.483 e. The van der Waals surface area contributed by atoms with Gasteiger partial charge in [0.05, 0.1) is 5.56 Å². The van der Waals surface area contributed by atoms with Crippen LogP contribution < -0.4 is 4.74 Å². The highest BCUT2D eigenvalue weighted by Gasteiger charge is 2.14. The molecule has 1 N–H and O–H groups in total. The molecular formula is C16H21NO4. The molecule has 1 rings (SSSR count). The number of carbonyl (C=O) groups is 2. The fraction of sp³-hybridized carbons (Fsp3) is 0.375. The molecule has 0 aliphatic heterocycles. The van der Waals surface area contributed by atoms with E-state index in [1.165, 1.54) is 12.1 Å². The molecule has 0 aromatic heterocycles. The molecule has 0 radical (unpaired) electrons. The van der Waals surface area contributed by atoms with Crippen molar-refractivity contribution >= 4 is 11.9 Å². The molecule has 0 unspecified atom stereocenters. The Bertz CT molecular complexity index is 551. The summed E-state index contributed by atoms with van der Waals surface area (Å²) < 4.78 is 5.47. The van der Waals surface area contributed by atoms with Gasteiger partial charge in [0, 0.05) is 13.1 Å². The van der Waals surface area contributed by atoms with Gasteiger partial charge in [0.2, 0.25) is 0 Å². The molecule has 0 saturated carbocycles. The Kier molecular flexibility index (Phi) is 5.96. The first-order valence-corrected chi connectivity index (χ1v) is 6.74. The lowest BCUT2D eigenvalue weighted by Crippen LogP contribution is -2.35. The second-order valence-electron chi connectivity index (χ2n) is 4.94. The van der Waals surface area contributed by atoms with Crippen molar-refractivity contribution in [2.24, 2.45) is 0 Å². The third-order valence-electron chi connectivity index (χ3n) is 2.98. The molecule has 1 amide bonds. The van der Waals surface area contributed by atoms with Crippen LogP contribution in [-0.2, 0) is 4.79 Å². The Morgan fingerprint density at radius 2 is 2.05 bits per heavy atom. The number of likely N-dealkylation sites (N-methyl/N-ethyl adjacent to an activating group) is 1. The lowest BCUT2D eigenvalue weighted by Gasteiger charge is -2.21. The number of aryl methyl sites for hydroxylation is 1. The van der Waals surface area contributed by atoms with E-state index in [1.807, 2.05) is 13.8 Å². The first-order valence-electron chi connectivity index (χ1n) is 6.74. The van der Waals surface area contributed by atoms with Crippen LogP contribution in [0.15, 0.2) is 30.4 Å². The van der Waals surface area contributed by atoms with Crippen LogP contribution in [0.5, 0.6) is 5.75 Å². The number of carboxylic acids is 1. The van der Waals surface area contributed by atoms with Gasteiger partial charge in [0.25, 0.3) is 5.91 Å². The Balaban J connectivity index is 2.74. The SMILES string of the molecule is C=C(C)CN(CC)C(=O)COc1cc(C(=O)O)ccc1C. The minimum absolute atomic E-state index is 0.120. The van der Waals surface area contributed by atoms with Crippen LogP contribution in [0.4, 0.5) is 0 Å². The van der Waals surface area contributed by atoms with Gasteiger partial charge in [-0.25, -0.2) is 4.79 Å². The van der Waals surface area contributed by atoms with Crippen molar-refractivity contribution in [2.45, 2.75) is 20.8 Å². The number of benzene rings is 1. The van der Waals surface area contributed by atoms with Crippen molar-refractivity contribution in [2.75, 3.05) is 19.7 Å². The molecule has 0 fully saturated rings. The normalized spacial score (nSPS) is 10.0. The van der Waals surface area contributed by atoms with E-state index in [1.54, 1.807) is 17.9 Å². The van der Waals surface area contributed by atoms with Gasteiger partial charge in [0.15, 0.2) is 6.61 Å². The molecule has 5 heteroatoms. The Labute approximate surface area is 124 Å². The molecular weight excluding hydrogens is 270 g/mol. The predicted octanol–water partition coefficient (Wildman–Crippen LogP) is 2.50. The van der Waals surface area contributed by atoms with Crippen molar-refractivity contribution in [1.82, 2.24) is 4.90 Å². The highest BCUT2D eigenvalue weighted by molar-refractivity contribution is 5.88. The molecule has 0 heterocycles. The van der Waals surface area contributed by atoms with E-state index in [0.717, 1.165) is 11.1 Å². The van der Waals surface area contributed by atoms with E-state index in [2.05, 4.69) is 6.58 Å². The van der Waals surface area contributed by atoms with Crippen molar-refractivity contribution in [3.8, 4) is 5.75 Å². The Morgan fingerprint density at radius 1 is 1.38 bits per heavy atom. The monoisotopic (exact) mass is 291 g/mol. The van der Waals surface area contributed by atoms with Crippen LogP contribution in [-0.4, -0.2) is 41.6 Å². The first-order chi connectivity index (χ1) is 9.85. The highest BCUT2D eigenvalue weighted by Crippen LogP contribution is 2.19. The van der Waals surface area contributed by atoms with Crippen LogP contribution in [0, 0.1) is 6.92 Å². The molecule has 5 nitrogen and oxygen atoms in total. The van der Waals surface area contributed by atoms with E-state index in [-0.39, 0.29) is 18.1 Å². The zero-order valence-corrected chi connectivity index (χ0v) is 12.7. The lowest BCUT2D eigenvalue weighted by atomic mass is 10.1. The molecule has 0 aliphatic rings. The maximum atomic E-state index is 12.1. The van der Waals surface area contributed by atoms with Crippen LogP contribution >= 0.6 is 0 Å². The predicted molar refractivity (Wildman–Crippen MR) is 80.7 cm³/mol. The van der Waals surface area contributed by atoms with E-state index >= 15 is 0 Å². The molecule has 0 bridgehead atoms. The Morgan fingerprint density at radius 3 is 2.57 bits per heavy atom. The number of carbonyl (C=O) groups excluding carboxylic acids is 1. The third kappa shape index (κ3) is 4.95. The molecule has 0 saturated heterocycles. The van der Waals surface area contributed by atoms with E-state index < -0.39 is 5.97 Å². The number of hydrogen-bond acceptors (Lipinski definition) is 3. The number of ether oxygens (including phenoxy) is 1. The highest BCUT2D eigenvalue weighted by atomic mass is 16.5. The van der Waals surface area contributed by atoms with Gasteiger partial charge in [-0.2, -0.15) is 0 Å². The van der Waals surface area contributed by atoms with Crippen molar-refractivity contribution in [1.29, 1.82) is 0 Å². The second kappa shape index (κ2) is 7.47. The van der Waals surface area contributed by atoms with Crippen LogP contribution in [0.3, 0.4) is 0 Å². The number of hydrogen-bond donors (Lipinski definition) is 1. The minimum Gasteiger partial charge on any atom is -0.483 e. The fourth-order valence-electron chi connectivity index (χ4n) is 1.82. The van der Waals surface area contributed by atoms with Gasteiger partial charge in [-0.1, -0.05) is 18.2 Å². The van der Waals surface area contributed by atoms with Gasteiger partial charge in [-0.3, -0.25) is 4.79 Å². The average Bonchev–Trinajstić information content (AvgIpc) is 2.42. The molecule has 21 heavy (non-hydrogen) atoms. The second-order valence-corrected chi connectivity index (χ2v) is 4.94. The molecule has 1 aromatic rings. The molecule has 1 aromatic carbocycles. The molecule has 0 spiro atoms. The fourth-order valence-corrected chi connectivity index (χ4v) is 1.82. The average molecular weight is 291 g/mol. The quantitative estimate of drug-likeness (QED) is 0.784. The zero-order chi connectivity index (χ0) is 16.0. The maximum absolute atomic E-state index is 12.1. The summed E-state index contributed by atoms with van der Waals surface area (Å²) in [5.41, 5.74) is 1.82. The zero-order valence-electron chi connectivity index (χ0n) is 12.7. The molecule has 114 valence electrons. The third-order valence-corrected chi connectivity index (χ3v) is 2.98. The summed E-state index contributed by atoms with van der Waals surface area (Å²) in [5.74, 6) is -0.765. The molecule has 0 atom stereocenters. The number of carboxylic acid groups (broad SMARTS) is 1. The summed E-state index contributed by atoms with van der Waals surface area (Å²) in [7, 11) is 0. The number of aromatic carboxylic acids is 1.